The fraction of sp³-hybridized carbons (Fsp3) is 0.0645. The average molecular weight is 537 g/mol. The summed E-state index contributed by atoms with van der Waals surface area (Å²) in [6.07, 6.45) is -0.558. The molecule has 0 amide bonds. The SMILES string of the molecule is Clc1ccc([C@@H]2N=C3c4c(oc(-c5ccccc5)c4-c4ccccc4)N[C@@H](c4ccc(Cl)cc4)N3N2)cc1. The van der Waals surface area contributed by atoms with Crippen LogP contribution in [0, 0.1) is 0 Å². The van der Waals surface area contributed by atoms with Crippen molar-refractivity contribution in [2.75, 3.05) is 5.32 Å². The number of amidine groups is 1. The highest BCUT2D eigenvalue weighted by molar-refractivity contribution is 6.30. The van der Waals surface area contributed by atoms with Crippen LogP contribution in [0.2, 0.25) is 10.0 Å². The first-order valence-corrected chi connectivity index (χ1v) is 13.1. The molecule has 7 rings (SSSR count). The Bertz CT molecular complexity index is 1630. The fourth-order valence-corrected chi connectivity index (χ4v) is 5.32. The Balaban J connectivity index is 1.45. The van der Waals surface area contributed by atoms with Crippen molar-refractivity contribution >= 4 is 34.9 Å². The van der Waals surface area contributed by atoms with E-state index in [2.05, 4.69) is 40.0 Å². The third-order valence-corrected chi connectivity index (χ3v) is 7.37. The Kier molecular flexibility index (Phi) is 5.70. The molecule has 0 spiro atoms. The maximum Gasteiger partial charge on any atom is 0.207 e. The fourth-order valence-electron chi connectivity index (χ4n) is 5.07. The Labute approximate surface area is 230 Å². The van der Waals surface area contributed by atoms with Crippen LogP contribution < -0.4 is 10.7 Å². The zero-order chi connectivity index (χ0) is 25.6. The first-order chi connectivity index (χ1) is 18.7. The lowest BCUT2D eigenvalue weighted by Crippen LogP contribution is -2.47. The number of aliphatic imine (C=N–C) groups is 1. The van der Waals surface area contributed by atoms with Gasteiger partial charge in [0.1, 0.15) is 18.1 Å². The molecule has 186 valence electrons. The predicted octanol–water partition coefficient (Wildman–Crippen LogP) is 8.31. The van der Waals surface area contributed by atoms with Crippen molar-refractivity contribution in [2.45, 2.75) is 12.3 Å². The van der Waals surface area contributed by atoms with Crippen LogP contribution in [0.25, 0.3) is 22.5 Å². The summed E-state index contributed by atoms with van der Waals surface area (Å²) >= 11 is 12.4. The van der Waals surface area contributed by atoms with Gasteiger partial charge in [-0.3, -0.25) is 5.01 Å². The van der Waals surface area contributed by atoms with E-state index in [1.54, 1.807) is 0 Å². The lowest BCUT2D eigenvalue weighted by Gasteiger charge is -2.35. The van der Waals surface area contributed by atoms with Crippen LogP contribution in [-0.2, 0) is 0 Å². The van der Waals surface area contributed by atoms with Crippen LogP contribution in [0.4, 0.5) is 5.88 Å². The summed E-state index contributed by atoms with van der Waals surface area (Å²) in [6.45, 7) is 0. The molecule has 0 bridgehead atoms. The quantitative estimate of drug-likeness (QED) is 0.242. The second kappa shape index (κ2) is 9.37. The Morgan fingerprint density at radius 2 is 1.24 bits per heavy atom. The number of halogens is 2. The third kappa shape index (κ3) is 3.96. The molecule has 2 N–H and O–H groups in total. The van der Waals surface area contributed by atoms with Crippen molar-refractivity contribution in [2.24, 2.45) is 4.99 Å². The van der Waals surface area contributed by atoms with Crippen LogP contribution in [0.5, 0.6) is 0 Å². The summed E-state index contributed by atoms with van der Waals surface area (Å²) < 4.78 is 6.63. The van der Waals surface area contributed by atoms with Gasteiger partial charge in [-0.2, -0.15) is 0 Å². The molecule has 1 aromatic heterocycles. The lowest BCUT2D eigenvalue weighted by molar-refractivity contribution is 0.239. The van der Waals surface area contributed by atoms with Gasteiger partial charge in [0.2, 0.25) is 5.88 Å². The van der Waals surface area contributed by atoms with Crippen LogP contribution in [0.15, 0.2) is 119 Å². The summed E-state index contributed by atoms with van der Waals surface area (Å²) in [5, 5.41) is 7.09. The lowest BCUT2D eigenvalue weighted by atomic mass is 9.96. The average Bonchev–Trinajstić information content (AvgIpc) is 3.57. The van der Waals surface area contributed by atoms with E-state index in [1.807, 2.05) is 84.9 Å². The van der Waals surface area contributed by atoms with Gasteiger partial charge in [-0.25, -0.2) is 10.4 Å². The molecule has 0 radical (unpaired) electrons. The summed E-state index contributed by atoms with van der Waals surface area (Å²) in [6, 6.07) is 36.1. The van der Waals surface area contributed by atoms with Gasteiger partial charge in [0.25, 0.3) is 0 Å². The van der Waals surface area contributed by atoms with Gasteiger partial charge in [-0.1, -0.05) is 108 Å². The number of nitrogens with one attached hydrogen (secondary N) is 2. The van der Waals surface area contributed by atoms with Gasteiger partial charge in [0.15, 0.2) is 5.84 Å². The van der Waals surface area contributed by atoms with Gasteiger partial charge in [-0.15, -0.1) is 0 Å². The van der Waals surface area contributed by atoms with Crippen molar-refractivity contribution in [1.82, 2.24) is 10.4 Å². The molecule has 2 aliphatic heterocycles. The summed E-state index contributed by atoms with van der Waals surface area (Å²) in [4.78, 5) is 5.20. The number of furan rings is 1. The third-order valence-electron chi connectivity index (χ3n) is 6.87. The molecule has 5 aromatic rings. The molecule has 5 nitrogen and oxygen atoms in total. The van der Waals surface area contributed by atoms with Gasteiger partial charge in [0, 0.05) is 21.2 Å². The van der Waals surface area contributed by atoms with E-state index >= 15 is 0 Å². The first kappa shape index (κ1) is 23.1. The normalized spacial score (nSPS) is 17.9. The molecule has 3 heterocycles. The molecule has 2 aliphatic rings. The minimum absolute atomic E-state index is 0.269. The van der Waals surface area contributed by atoms with E-state index in [0.717, 1.165) is 45.0 Å². The second-order valence-corrected chi connectivity index (χ2v) is 10.1. The zero-order valence-electron chi connectivity index (χ0n) is 20.1. The molecular weight excluding hydrogens is 515 g/mol. The number of hydrazine groups is 1. The number of hydrogen-bond donors (Lipinski definition) is 2. The van der Waals surface area contributed by atoms with Gasteiger partial charge in [-0.05, 0) is 41.0 Å². The maximum absolute atomic E-state index is 6.63. The Morgan fingerprint density at radius 3 is 1.87 bits per heavy atom. The topological polar surface area (TPSA) is 52.8 Å². The van der Waals surface area contributed by atoms with E-state index in [4.69, 9.17) is 32.6 Å². The Hall–Kier alpha value is -4.03. The number of anilines is 1. The molecule has 0 fully saturated rings. The summed E-state index contributed by atoms with van der Waals surface area (Å²) in [5.41, 5.74) is 9.62. The Morgan fingerprint density at radius 1 is 0.658 bits per heavy atom. The van der Waals surface area contributed by atoms with Gasteiger partial charge >= 0.3 is 0 Å². The number of rotatable bonds is 4. The van der Waals surface area contributed by atoms with E-state index in [-0.39, 0.29) is 12.3 Å². The molecule has 2 atom stereocenters. The summed E-state index contributed by atoms with van der Waals surface area (Å²) in [5.74, 6) is 2.28. The maximum atomic E-state index is 6.63. The van der Waals surface area contributed by atoms with E-state index in [9.17, 15) is 0 Å². The van der Waals surface area contributed by atoms with Gasteiger partial charge < -0.3 is 9.73 Å². The summed E-state index contributed by atoms with van der Waals surface area (Å²) in [7, 11) is 0. The second-order valence-electron chi connectivity index (χ2n) is 9.25. The van der Waals surface area contributed by atoms with E-state index in [1.165, 1.54) is 0 Å². The van der Waals surface area contributed by atoms with Crippen molar-refractivity contribution in [1.29, 1.82) is 0 Å². The van der Waals surface area contributed by atoms with Crippen LogP contribution in [-0.4, -0.2) is 10.8 Å². The highest BCUT2D eigenvalue weighted by Crippen LogP contribution is 2.48. The number of benzene rings is 4. The first-order valence-electron chi connectivity index (χ1n) is 12.3. The smallest absolute Gasteiger partial charge is 0.207 e. The molecule has 4 aromatic carbocycles. The monoisotopic (exact) mass is 536 g/mol. The van der Waals surface area contributed by atoms with Crippen molar-refractivity contribution in [3.63, 3.8) is 0 Å². The van der Waals surface area contributed by atoms with Crippen molar-refractivity contribution < 1.29 is 4.42 Å². The largest absolute Gasteiger partial charge is 0.439 e. The van der Waals surface area contributed by atoms with Crippen LogP contribution in [0.3, 0.4) is 0 Å². The van der Waals surface area contributed by atoms with E-state index < -0.39 is 0 Å². The molecule has 0 unspecified atom stereocenters. The number of hydrogen-bond acceptors (Lipinski definition) is 5. The molecule has 0 aliphatic carbocycles. The highest BCUT2D eigenvalue weighted by Gasteiger charge is 2.42. The predicted molar refractivity (Wildman–Crippen MR) is 153 cm³/mol. The minimum Gasteiger partial charge on any atom is -0.439 e. The highest BCUT2D eigenvalue weighted by atomic mass is 35.5. The van der Waals surface area contributed by atoms with Crippen molar-refractivity contribution in [3.8, 4) is 22.5 Å². The number of nitrogens with zero attached hydrogens (tertiary/aromatic N) is 2. The number of fused-ring (bicyclic) bond motifs is 3. The molecule has 7 heteroatoms. The van der Waals surface area contributed by atoms with Crippen LogP contribution >= 0.6 is 23.2 Å². The molecule has 0 saturated carbocycles. The standard InChI is InChI=1S/C31H22Cl2N4O/c32-23-15-11-21(12-16-23)28-34-30-26-25(19-7-3-1-4-8-19)27(20-9-5-2-6-10-20)38-31(26)35-29(37(30)36-28)22-13-17-24(33)18-14-22/h1-18,28-29,35-36H/t28-,29-/m1/s1. The molecule has 0 saturated heterocycles. The van der Waals surface area contributed by atoms with E-state index in [0.29, 0.717) is 15.9 Å². The minimum atomic E-state index is -0.288. The van der Waals surface area contributed by atoms with Crippen LogP contribution in [0.1, 0.15) is 29.0 Å². The molecular formula is C31H22Cl2N4O. The molecule has 38 heavy (non-hydrogen) atoms. The van der Waals surface area contributed by atoms with Gasteiger partial charge in [0.05, 0.1) is 5.56 Å². The van der Waals surface area contributed by atoms with Crippen molar-refractivity contribution in [3.05, 3.63) is 136 Å². The zero-order valence-corrected chi connectivity index (χ0v) is 21.6.